The van der Waals surface area contributed by atoms with E-state index in [1.54, 1.807) is 19.1 Å². The van der Waals surface area contributed by atoms with Crippen LogP contribution in [0.4, 0.5) is 0 Å². The van der Waals surface area contributed by atoms with Gasteiger partial charge in [0, 0.05) is 18.2 Å². The Labute approximate surface area is 148 Å². The highest BCUT2D eigenvalue weighted by atomic mass is 16.5. The summed E-state index contributed by atoms with van der Waals surface area (Å²) in [4.78, 5) is 35.8. The number of carbonyl (C=O) groups excluding carboxylic acids is 3. The van der Waals surface area contributed by atoms with Crippen LogP contribution in [-0.4, -0.2) is 36.5 Å². The molecule has 2 N–H and O–H groups in total. The number of amides is 2. The van der Waals surface area contributed by atoms with Crippen molar-refractivity contribution in [2.75, 3.05) is 6.54 Å². The van der Waals surface area contributed by atoms with Crippen LogP contribution in [0.5, 0.6) is 0 Å². The molecule has 1 saturated carbocycles. The molecule has 0 spiro atoms. The molecule has 136 valence electrons. The zero-order valence-corrected chi connectivity index (χ0v) is 14.8. The van der Waals surface area contributed by atoms with Crippen LogP contribution in [0.1, 0.15) is 54.9 Å². The van der Waals surface area contributed by atoms with Crippen LogP contribution in [0.2, 0.25) is 0 Å². The number of benzene rings is 1. The summed E-state index contributed by atoms with van der Waals surface area (Å²) < 4.78 is 5.13. The highest BCUT2D eigenvalue weighted by Gasteiger charge is 2.22. The third-order valence-corrected chi connectivity index (χ3v) is 4.27. The molecule has 1 aromatic carbocycles. The maximum atomic E-state index is 12.0. The Kier molecular flexibility index (Phi) is 6.98. The van der Waals surface area contributed by atoms with Crippen LogP contribution in [-0.2, 0) is 14.3 Å². The van der Waals surface area contributed by atoms with Crippen LogP contribution in [0, 0.1) is 6.92 Å². The van der Waals surface area contributed by atoms with E-state index in [1.807, 2.05) is 19.1 Å². The van der Waals surface area contributed by atoms with Gasteiger partial charge in [0.1, 0.15) is 0 Å². The first-order valence-electron chi connectivity index (χ1n) is 8.80. The molecule has 1 aliphatic carbocycles. The van der Waals surface area contributed by atoms with E-state index < -0.39 is 12.1 Å². The lowest BCUT2D eigenvalue weighted by molar-refractivity contribution is -0.154. The summed E-state index contributed by atoms with van der Waals surface area (Å²) in [7, 11) is 0. The van der Waals surface area contributed by atoms with Crippen molar-refractivity contribution in [2.45, 2.75) is 58.1 Å². The van der Waals surface area contributed by atoms with E-state index in [0.717, 1.165) is 31.2 Å². The number of hydrogen-bond donors (Lipinski definition) is 2. The van der Waals surface area contributed by atoms with Gasteiger partial charge in [-0.3, -0.25) is 14.4 Å². The molecule has 6 heteroatoms. The van der Waals surface area contributed by atoms with Crippen molar-refractivity contribution < 1.29 is 19.1 Å². The lowest BCUT2D eigenvalue weighted by Crippen LogP contribution is -2.41. The fourth-order valence-corrected chi connectivity index (χ4v) is 2.86. The molecule has 0 heterocycles. The summed E-state index contributed by atoms with van der Waals surface area (Å²) in [6, 6.07) is 7.41. The molecule has 0 aliphatic heterocycles. The lowest BCUT2D eigenvalue weighted by Gasteiger charge is -2.17. The topological polar surface area (TPSA) is 84.5 Å². The first-order chi connectivity index (χ1) is 12.0. The Hall–Kier alpha value is -2.37. The number of nitrogens with one attached hydrogen (secondary N) is 2. The van der Waals surface area contributed by atoms with E-state index in [9.17, 15) is 14.4 Å². The van der Waals surface area contributed by atoms with Gasteiger partial charge in [-0.05, 0) is 38.8 Å². The van der Waals surface area contributed by atoms with Crippen LogP contribution < -0.4 is 10.6 Å². The van der Waals surface area contributed by atoms with Gasteiger partial charge >= 0.3 is 5.97 Å². The van der Waals surface area contributed by atoms with Crippen molar-refractivity contribution in [1.82, 2.24) is 10.6 Å². The summed E-state index contributed by atoms with van der Waals surface area (Å²) in [6.45, 7) is 3.64. The second kappa shape index (κ2) is 9.20. The molecular formula is C19H26N2O4. The average Bonchev–Trinajstić information content (AvgIpc) is 3.07. The minimum Gasteiger partial charge on any atom is -0.452 e. The molecule has 1 atom stereocenters. The molecule has 6 nitrogen and oxygen atoms in total. The molecule has 0 bridgehead atoms. The monoisotopic (exact) mass is 346 g/mol. The van der Waals surface area contributed by atoms with Crippen LogP contribution in [0.15, 0.2) is 24.3 Å². The Balaban J connectivity index is 1.67. The normalized spacial score (nSPS) is 15.4. The number of carbonyl (C=O) groups is 3. The van der Waals surface area contributed by atoms with E-state index in [2.05, 4.69) is 10.6 Å². The number of esters is 1. The van der Waals surface area contributed by atoms with Crippen LogP contribution in [0.25, 0.3) is 0 Å². The van der Waals surface area contributed by atoms with Gasteiger partial charge in [-0.1, -0.05) is 30.5 Å². The number of ether oxygens (including phenoxy) is 1. The van der Waals surface area contributed by atoms with Crippen molar-refractivity contribution >= 4 is 17.8 Å². The predicted molar refractivity (Wildman–Crippen MR) is 94.1 cm³/mol. The van der Waals surface area contributed by atoms with Gasteiger partial charge < -0.3 is 15.4 Å². The van der Waals surface area contributed by atoms with E-state index >= 15 is 0 Å². The molecule has 1 aliphatic rings. The quantitative estimate of drug-likeness (QED) is 0.741. The van der Waals surface area contributed by atoms with Crippen molar-refractivity contribution in [3.8, 4) is 0 Å². The van der Waals surface area contributed by atoms with Gasteiger partial charge in [0.25, 0.3) is 11.8 Å². The molecule has 1 aromatic rings. The Bertz CT molecular complexity index is 624. The van der Waals surface area contributed by atoms with E-state index in [-0.39, 0.29) is 30.8 Å². The smallest absolute Gasteiger partial charge is 0.308 e. The van der Waals surface area contributed by atoms with Crippen LogP contribution in [0.3, 0.4) is 0 Å². The summed E-state index contributed by atoms with van der Waals surface area (Å²) >= 11 is 0. The zero-order valence-electron chi connectivity index (χ0n) is 14.8. The second-order valence-electron chi connectivity index (χ2n) is 6.50. The predicted octanol–water partition coefficient (Wildman–Crippen LogP) is 2.11. The summed E-state index contributed by atoms with van der Waals surface area (Å²) in [5, 5.41) is 5.58. The van der Waals surface area contributed by atoms with E-state index in [0.29, 0.717) is 5.56 Å². The SMILES string of the molecule is Cc1cccc(C(=O)NCCC(=O)O[C@H](C)C(=O)NC2CCCC2)c1. The standard InChI is InChI=1S/C19H26N2O4/c1-13-6-5-7-15(12-13)19(24)20-11-10-17(22)25-14(2)18(23)21-16-8-3-4-9-16/h5-7,12,14,16H,3-4,8-11H2,1-2H3,(H,20,24)(H,21,23)/t14-/m1/s1. The van der Waals surface area contributed by atoms with Crippen molar-refractivity contribution in [1.29, 1.82) is 0 Å². The van der Waals surface area contributed by atoms with Gasteiger partial charge in [-0.15, -0.1) is 0 Å². The Morgan fingerprint density at radius 3 is 2.64 bits per heavy atom. The molecule has 0 unspecified atom stereocenters. The fourth-order valence-electron chi connectivity index (χ4n) is 2.86. The Morgan fingerprint density at radius 2 is 1.96 bits per heavy atom. The maximum absolute atomic E-state index is 12.0. The second-order valence-corrected chi connectivity index (χ2v) is 6.50. The van der Waals surface area contributed by atoms with Crippen LogP contribution >= 0.6 is 0 Å². The van der Waals surface area contributed by atoms with Gasteiger partial charge in [0.15, 0.2) is 6.10 Å². The molecule has 25 heavy (non-hydrogen) atoms. The van der Waals surface area contributed by atoms with Gasteiger partial charge in [0.2, 0.25) is 0 Å². The molecule has 2 amide bonds. The molecule has 0 saturated heterocycles. The first kappa shape index (κ1) is 19.0. The third-order valence-electron chi connectivity index (χ3n) is 4.27. The van der Waals surface area contributed by atoms with Crippen molar-refractivity contribution in [3.05, 3.63) is 35.4 Å². The number of rotatable bonds is 7. The molecule has 1 fully saturated rings. The van der Waals surface area contributed by atoms with E-state index in [4.69, 9.17) is 4.74 Å². The highest BCUT2D eigenvalue weighted by molar-refractivity contribution is 5.94. The zero-order chi connectivity index (χ0) is 18.2. The molecule has 0 radical (unpaired) electrons. The molecule has 2 rings (SSSR count). The third kappa shape index (κ3) is 6.21. The number of hydrogen-bond acceptors (Lipinski definition) is 4. The van der Waals surface area contributed by atoms with Crippen molar-refractivity contribution in [3.63, 3.8) is 0 Å². The van der Waals surface area contributed by atoms with Gasteiger partial charge in [-0.25, -0.2) is 0 Å². The molecule has 0 aromatic heterocycles. The van der Waals surface area contributed by atoms with Gasteiger partial charge in [-0.2, -0.15) is 0 Å². The minimum atomic E-state index is -0.819. The maximum Gasteiger partial charge on any atom is 0.308 e. The average molecular weight is 346 g/mol. The summed E-state index contributed by atoms with van der Waals surface area (Å²) in [5.74, 6) is -0.994. The molecular weight excluding hydrogens is 320 g/mol. The van der Waals surface area contributed by atoms with Crippen molar-refractivity contribution in [2.24, 2.45) is 0 Å². The lowest BCUT2D eigenvalue weighted by atomic mass is 10.1. The largest absolute Gasteiger partial charge is 0.452 e. The summed E-state index contributed by atoms with van der Waals surface area (Å²) in [6.07, 6.45) is 3.42. The van der Waals surface area contributed by atoms with Gasteiger partial charge in [0.05, 0.1) is 6.42 Å². The summed E-state index contributed by atoms with van der Waals surface area (Å²) in [5.41, 5.74) is 1.55. The fraction of sp³-hybridized carbons (Fsp3) is 0.526. The minimum absolute atomic E-state index is 0.0264. The number of aryl methyl sites for hydroxylation is 1. The first-order valence-corrected chi connectivity index (χ1v) is 8.80. The van der Waals surface area contributed by atoms with E-state index in [1.165, 1.54) is 0 Å². The highest BCUT2D eigenvalue weighted by Crippen LogP contribution is 2.17. The Morgan fingerprint density at radius 1 is 1.24 bits per heavy atom.